The van der Waals surface area contributed by atoms with Gasteiger partial charge in [-0.3, -0.25) is 8.98 Å². The van der Waals surface area contributed by atoms with Crippen molar-refractivity contribution >= 4 is 16.1 Å². The Hall–Kier alpha value is -0.620. The fourth-order valence-electron chi connectivity index (χ4n) is 2.07. The highest BCUT2D eigenvalue weighted by molar-refractivity contribution is 7.86. The van der Waals surface area contributed by atoms with Gasteiger partial charge in [0.05, 0.1) is 11.7 Å². The highest BCUT2D eigenvalue weighted by atomic mass is 32.2. The van der Waals surface area contributed by atoms with Crippen LogP contribution in [0.1, 0.15) is 40.5 Å². The molecule has 0 spiro atoms. The maximum absolute atomic E-state index is 11.6. The summed E-state index contributed by atoms with van der Waals surface area (Å²) in [4.78, 5) is 11.6. The summed E-state index contributed by atoms with van der Waals surface area (Å²) in [6, 6.07) is 0. The third-order valence-corrected chi connectivity index (χ3v) is 3.54. The normalized spacial score (nSPS) is 25.2. The molecule has 1 heterocycles. The van der Waals surface area contributed by atoms with E-state index in [9.17, 15) is 13.2 Å². The van der Waals surface area contributed by atoms with Gasteiger partial charge in [-0.15, -0.1) is 0 Å². The minimum absolute atomic E-state index is 0.263. The van der Waals surface area contributed by atoms with Gasteiger partial charge in [-0.25, -0.2) is 0 Å². The smallest absolute Gasteiger partial charge is 0.312 e. The molecule has 0 aromatic rings. The third kappa shape index (κ3) is 4.24. The third-order valence-electron chi connectivity index (χ3n) is 2.94. The zero-order valence-corrected chi connectivity index (χ0v) is 12.4. The van der Waals surface area contributed by atoms with Crippen LogP contribution in [0, 0.1) is 11.3 Å². The van der Waals surface area contributed by atoms with Crippen molar-refractivity contribution in [2.75, 3.05) is 6.26 Å². The van der Waals surface area contributed by atoms with Crippen LogP contribution in [0.15, 0.2) is 0 Å². The molecular formula is C12H22O5S. The van der Waals surface area contributed by atoms with Crippen molar-refractivity contribution in [3.63, 3.8) is 0 Å². The standard InChI is InChI=1S/C12H22O5S/c1-8(2)6-9(17-18(5,14)15)10-7-12(3,4)11(13)16-10/h8-10H,6-7H2,1-5H3. The number of rotatable bonds is 5. The average molecular weight is 278 g/mol. The zero-order chi connectivity index (χ0) is 14.1. The molecule has 0 aromatic carbocycles. The molecule has 18 heavy (non-hydrogen) atoms. The molecule has 2 atom stereocenters. The number of carbonyl (C=O) groups excluding carboxylic acids is 1. The van der Waals surface area contributed by atoms with Crippen LogP contribution in [0.25, 0.3) is 0 Å². The highest BCUT2D eigenvalue weighted by Gasteiger charge is 2.45. The van der Waals surface area contributed by atoms with Gasteiger partial charge in [-0.2, -0.15) is 8.42 Å². The Morgan fingerprint density at radius 1 is 1.44 bits per heavy atom. The van der Waals surface area contributed by atoms with Crippen LogP contribution in [-0.4, -0.2) is 32.9 Å². The summed E-state index contributed by atoms with van der Waals surface area (Å²) in [5, 5.41) is 0. The SMILES string of the molecule is CC(C)CC(OS(C)(=O)=O)C1CC(C)(C)C(=O)O1. The lowest BCUT2D eigenvalue weighted by Crippen LogP contribution is -2.32. The minimum Gasteiger partial charge on any atom is -0.459 e. The lowest BCUT2D eigenvalue weighted by Gasteiger charge is -2.23. The molecule has 1 rings (SSSR count). The molecule has 1 fully saturated rings. The van der Waals surface area contributed by atoms with E-state index in [4.69, 9.17) is 8.92 Å². The van der Waals surface area contributed by atoms with Crippen molar-refractivity contribution in [1.29, 1.82) is 0 Å². The summed E-state index contributed by atoms with van der Waals surface area (Å²) >= 11 is 0. The Balaban J connectivity index is 2.82. The molecular weight excluding hydrogens is 256 g/mol. The van der Waals surface area contributed by atoms with E-state index in [-0.39, 0.29) is 11.9 Å². The van der Waals surface area contributed by atoms with Crippen LogP contribution >= 0.6 is 0 Å². The highest BCUT2D eigenvalue weighted by Crippen LogP contribution is 2.36. The van der Waals surface area contributed by atoms with Crippen molar-refractivity contribution in [1.82, 2.24) is 0 Å². The Kier molecular flexibility index (Phi) is 4.43. The molecule has 0 aliphatic carbocycles. The van der Waals surface area contributed by atoms with Gasteiger partial charge in [0, 0.05) is 6.42 Å². The van der Waals surface area contributed by atoms with Crippen LogP contribution in [0.5, 0.6) is 0 Å². The maximum atomic E-state index is 11.6. The summed E-state index contributed by atoms with van der Waals surface area (Å²) in [6.45, 7) is 7.53. The first kappa shape index (κ1) is 15.4. The Morgan fingerprint density at radius 2 is 2.00 bits per heavy atom. The van der Waals surface area contributed by atoms with Crippen molar-refractivity contribution in [2.45, 2.75) is 52.7 Å². The van der Waals surface area contributed by atoms with E-state index in [0.29, 0.717) is 12.8 Å². The summed E-state index contributed by atoms with van der Waals surface area (Å²) in [5.41, 5.74) is -0.569. The van der Waals surface area contributed by atoms with Gasteiger partial charge in [0.25, 0.3) is 10.1 Å². The molecule has 0 amide bonds. The van der Waals surface area contributed by atoms with E-state index >= 15 is 0 Å². The first-order valence-electron chi connectivity index (χ1n) is 6.10. The van der Waals surface area contributed by atoms with E-state index in [1.54, 1.807) is 13.8 Å². The number of hydrogen-bond donors (Lipinski definition) is 0. The van der Waals surface area contributed by atoms with Gasteiger partial charge in [0.15, 0.2) is 0 Å². The summed E-state index contributed by atoms with van der Waals surface area (Å²) in [5.74, 6) is -0.0301. The van der Waals surface area contributed by atoms with E-state index < -0.39 is 27.7 Å². The Morgan fingerprint density at radius 3 is 2.33 bits per heavy atom. The molecule has 0 N–H and O–H groups in total. The molecule has 6 heteroatoms. The fraction of sp³-hybridized carbons (Fsp3) is 0.917. The van der Waals surface area contributed by atoms with Gasteiger partial charge in [-0.05, 0) is 26.2 Å². The molecule has 5 nitrogen and oxygen atoms in total. The average Bonchev–Trinajstić information content (AvgIpc) is 2.37. The summed E-state index contributed by atoms with van der Waals surface area (Å²) < 4.78 is 32.8. The molecule has 1 aliphatic heterocycles. The first-order valence-corrected chi connectivity index (χ1v) is 7.92. The molecule has 1 saturated heterocycles. The van der Waals surface area contributed by atoms with Crippen molar-refractivity contribution in [3.05, 3.63) is 0 Å². The molecule has 106 valence electrons. The molecule has 0 saturated carbocycles. The van der Waals surface area contributed by atoms with Crippen LogP contribution in [0.4, 0.5) is 0 Å². The van der Waals surface area contributed by atoms with Crippen LogP contribution in [-0.2, 0) is 23.8 Å². The van der Waals surface area contributed by atoms with Crippen molar-refractivity contribution in [3.8, 4) is 0 Å². The molecule has 0 radical (unpaired) electrons. The number of esters is 1. The second-order valence-corrected chi connectivity index (χ2v) is 7.60. The van der Waals surface area contributed by atoms with E-state index in [1.807, 2.05) is 13.8 Å². The lowest BCUT2D eigenvalue weighted by atomic mass is 9.87. The second kappa shape index (κ2) is 5.17. The predicted molar refractivity (Wildman–Crippen MR) is 67.4 cm³/mol. The van der Waals surface area contributed by atoms with Crippen LogP contribution < -0.4 is 0 Å². The van der Waals surface area contributed by atoms with Gasteiger partial charge in [0.1, 0.15) is 12.2 Å². The van der Waals surface area contributed by atoms with Crippen LogP contribution in [0.3, 0.4) is 0 Å². The number of carbonyl (C=O) groups is 1. The Labute approximate surface area is 109 Å². The monoisotopic (exact) mass is 278 g/mol. The molecule has 2 unspecified atom stereocenters. The quantitative estimate of drug-likeness (QED) is 0.565. The number of hydrogen-bond acceptors (Lipinski definition) is 5. The number of cyclic esters (lactones) is 1. The fourth-order valence-corrected chi connectivity index (χ4v) is 2.73. The molecule has 0 bridgehead atoms. The Bertz CT molecular complexity index is 410. The summed E-state index contributed by atoms with van der Waals surface area (Å²) in [6.07, 6.45) is 0.970. The van der Waals surface area contributed by atoms with E-state index in [2.05, 4.69) is 0 Å². The predicted octanol–water partition coefficient (Wildman–Crippen LogP) is 1.72. The molecule has 1 aliphatic rings. The summed E-state index contributed by atoms with van der Waals surface area (Å²) in [7, 11) is -3.55. The van der Waals surface area contributed by atoms with E-state index in [0.717, 1.165) is 6.26 Å². The van der Waals surface area contributed by atoms with Crippen molar-refractivity contribution < 1.29 is 22.1 Å². The second-order valence-electron chi connectivity index (χ2n) is 6.00. The molecule has 0 aromatic heterocycles. The van der Waals surface area contributed by atoms with Gasteiger partial charge < -0.3 is 4.74 Å². The van der Waals surface area contributed by atoms with Gasteiger partial charge in [-0.1, -0.05) is 13.8 Å². The largest absolute Gasteiger partial charge is 0.459 e. The van der Waals surface area contributed by atoms with Crippen LogP contribution in [0.2, 0.25) is 0 Å². The van der Waals surface area contributed by atoms with E-state index in [1.165, 1.54) is 0 Å². The topological polar surface area (TPSA) is 69.7 Å². The first-order chi connectivity index (χ1) is 8.01. The lowest BCUT2D eigenvalue weighted by molar-refractivity contribution is -0.150. The maximum Gasteiger partial charge on any atom is 0.312 e. The zero-order valence-electron chi connectivity index (χ0n) is 11.6. The van der Waals surface area contributed by atoms with Crippen molar-refractivity contribution in [2.24, 2.45) is 11.3 Å². The minimum atomic E-state index is -3.55. The number of ether oxygens (including phenoxy) is 1. The van der Waals surface area contributed by atoms with Gasteiger partial charge >= 0.3 is 5.97 Å². The van der Waals surface area contributed by atoms with Gasteiger partial charge in [0.2, 0.25) is 0 Å².